The molecule has 0 fully saturated rings. The lowest BCUT2D eigenvalue weighted by atomic mass is 10.2. The van der Waals surface area contributed by atoms with Crippen LogP contribution in [0.3, 0.4) is 0 Å². The standard InChI is InChI=1S/C11H10Br2F3NO/c1-17(5-4-11(14,15)16)10(18)8-3-2-7(12)6-9(8)13/h2-3,6H,4-5H2,1H3. The minimum absolute atomic E-state index is 0.336. The molecule has 0 aliphatic heterocycles. The maximum absolute atomic E-state index is 12.1. The fraction of sp³-hybridized carbons (Fsp3) is 0.364. The molecule has 18 heavy (non-hydrogen) atoms. The van der Waals surface area contributed by atoms with Crippen molar-refractivity contribution >= 4 is 37.8 Å². The van der Waals surface area contributed by atoms with Crippen LogP contribution in [0.1, 0.15) is 16.8 Å². The van der Waals surface area contributed by atoms with Crippen LogP contribution in [-0.2, 0) is 0 Å². The first-order valence-electron chi connectivity index (χ1n) is 4.98. The average molecular weight is 389 g/mol. The Bertz CT molecular complexity index is 448. The molecule has 1 aromatic rings. The molecule has 0 aliphatic rings. The summed E-state index contributed by atoms with van der Waals surface area (Å²) in [6.45, 7) is -0.356. The van der Waals surface area contributed by atoms with E-state index in [2.05, 4.69) is 31.9 Å². The monoisotopic (exact) mass is 387 g/mol. The second-order valence-electron chi connectivity index (χ2n) is 3.72. The van der Waals surface area contributed by atoms with Crippen molar-refractivity contribution in [2.24, 2.45) is 0 Å². The second kappa shape index (κ2) is 6.06. The van der Waals surface area contributed by atoms with Gasteiger partial charge in [-0.1, -0.05) is 15.9 Å². The molecule has 0 saturated heterocycles. The van der Waals surface area contributed by atoms with Crippen molar-refractivity contribution in [1.82, 2.24) is 4.90 Å². The summed E-state index contributed by atoms with van der Waals surface area (Å²) >= 11 is 6.44. The molecule has 1 amide bonds. The highest BCUT2D eigenvalue weighted by atomic mass is 79.9. The summed E-state index contributed by atoms with van der Waals surface area (Å²) in [5.74, 6) is -0.446. The minimum Gasteiger partial charge on any atom is -0.341 e. The summed E-state index contributed by atoms with van der Waals surface area (Å²) in [5, 5.41) is 0. The topological polar surface area (TPSA) is 20.3 Å². The Morgan fingerprint density at radius 1 is 1.33 bits per heavy atom. The van der Waals surface area contributed by atoms with Crippen LogP contribution in [0.5, 0.6) is 0 Å². The van der Waals surface area contributed by atoms with Crippen LogP contribution < -0.4 is 0 Å². The fourth-order valence-electron chi connectivity index (χ4n) is 1.26. The maximum Gasteiger partial charge on any atom is 0.390 e. The third kappa shape index (κ3) is 4.61. The highest BCUT2D eigenvalue weighted by Crippen LogP contribution is 2.24. The molecule has 0 N–H and O–H groups in total. The molecule has 100 valence electrons. The number of hydrogen-bond acceptors (Lipinski definition) is 1. The lowest BCUT2D eigenvalue weighted by molar-refractivity contribution is -0.136. The van der Waals surface area contributed by atoms with Gasteiger partial charge in [0.25, 0.3) is 5.91 Å². The molecule has 1 aromatic carbocycles. The van der Waals surface area contributed by atoms with Gasteiger partial charge in [0.05, 0.1) is 12.0 Å². The number of amides is 1. The highest BCUT2D eigenvalue weighted by Gasteiger charge is 2.28. The zero-order valence-corrected chi connectivity index (χ0v) is 12.6. The second-order valence-corrected chi connectivity index (χ2v) is 5.49. The number of hydrogen-bond donors (Lipinski definition) is 0. The number of alkyl halides is 3. The summed E-state index contributed by atoms with van der Waals surface area (Å²) in [5.41, 5.74) is 0.336. The van der Waals surface area contributed by atoms with Gasteiger partial charge in [-0.2, -0.15) is 13.2 Å². The number of halogens is 5. The normalized spacial score (nSPS) is 11.4. The number of nitrogens with zero attached hydrogens (tertiary/aromatic N) is 1. The van der Waals surface area contributed by atoms with Crippen molar-refractivity contribution in [3.8, 4) is 0 Å². The molecule has 1 rings (SSSR count). The molecule has 0 radical (unpaired) electrons. The summed E-state index contributed by atoms with van der Waals surface area (Å²) in [4.78, 5) is 13.0. The molecule has 0 unspecified atom stereocenters. The summed E-state index contributed by atoms with van der Waals surface area (Å²) < 4.78 is 37.5. The molecule has 7 heteroatoms. The SMILES string of the molecule is CN(CCC(F)(F)F)C(=O)c1ccc(Br)cc1Br. The molecule has 0 bridgehead atoms. The number of carbonyl (C=O) groups excluding carboxylic acids is 1. The van der Waals surface area contributed by atoms with E-state index in [1.54, 1.807) is 18.2 Å². The molecule has 0 aliphatic carbocycles. The summed E-state index contributed by atoms with van der Waals surface area (Å²) in [6, 6.07) is 4.89. The lowest BCUT2D eigenvalue weighted by Crippen LogP contribution is -2.30. The van der Waals surface area contributed by atoms with Crippen LogP contribution in [0.15, 0.2) is 27.1 Å². The van der Waals surface area contributed by atoms with E-state index in [4.69, 9.17) is 0 Å². The van der Waals surface area contributed by atoms with E-state index in [9.17, 15) is 18.0 Å². The first kappa shape index (κ1) is 15.5. The van der Waals surface area contributed by atoms with Gasteiger partial charge in [0.1, 0.15) is 0 Å². The van der Waals surface area contributed by atoms with Crippen molar-refractivity contribution in [3.05, 3.63) is 32.7 Å². The summed E-state index contributed by atoms with van der Waals surface area (Å²) in [6.07, 6.45) is -5.27. The Labute approximate surface area is 119 Å². The van der Waals surface area contributed by atoms with Crippen LogP contribution in [0.4, 0.5) is 13.2 Å². The predicted octanol–water partition coefficient (Wildman–Crippen LogP) is 4.24. The average Bonchev–Trinajstić information content (AvgIpc) is 2.24. The zero-order chi connectivity index (χ0) is 13.9. The smallest absolute Gasteiger partial charge is 0.341 e. The Morgan fingerprint density at radius 3 is 2.44 bits per heavy atom. The van der Waals surface area contributed by atoms with E-state index in [1.807, 2.05) is 0 Å². The number of carbonyl (C=O) groups is 1. The van der Waals surface area contributed by atoms with Crippen LogP contribution >= 0.6 is 31.9 Å². The number of rotatable bonds is 3. The van der Waals surface area contributed by atoms with E-state index < -0.39 is 18.5 Å². The maximum atomic E-state index is 12.1. The van der Waals surface area contributed by atoms with Crippen molar-refractivity contribution in [2.75, 3.05) is 13.6 Å². The minimum atomic E-state index is -4.26. The van der Waals surface area contributed by atoms with Gasteiger partial charge in [-0.3, -0.25) is 4.79 Å². The zero-order valence-electron chi connectivity index (χ0n) is 9.39. The quantitative estimate of drug-likeness (QED) is 0.758. The lowest BCUT2D eigenvalue weighted by Gasteiger charge is -2.18. The molecular formula is C11H10Br2F3NO. The fourth-order valence-corrected chi connectivity index (χ4v) is 2.48. The van der Waals surface area contributed by atoms with Crippen molar-refractivity contribution in [1.29, 1.82) is 0 Å². The third-order valence-corrected chi connectivity index (χ3v) is 3.39. The van der Waals surface area contributed by atoms with Gasteiger partial charge in [-0.25, -0.2) is 0 Å². The van der Waals surface area contributed by atoms with Gasteiger partial charge >= 0.3 is 6.18 Å². The van der Waals surface area contributed by atoms with Gasteiger partial charge in [0, 0.05) is 22.5 Å². The van der Waals surface area contributed by atoms with E-state index in [0.717, 1.165) is 9.37 Å². The number of benzene rings is 1. The third-order valence-electron chi connectivity index (χ3n) is 2.24. The van der Waals surface area contributed by atoms with Gasteiger partial charge in [-0.05, 0) is 34.1 Å². The van der Waals surface area contributed by atoms with E-state index in [-0.39, 0.29) is 6.54 Å². The van der Waals surface area contributed by atoms with Gasteiger partial charge in [0.2, 0.25) is 0 Å². The van der Waals surface area contributed by atoms with Gasteiger partial charge in [-0.15, -0.1) is 0 Å². The van der Waals surface area contributed by atoms with E-state index >= 15 is 0 Å². The first-order valence-corrected chi connectivity index (χ1v) is 6.56. The molecule has 0 atom stereocenters. The van der Waals surface area contributed by atoms with Crippen LogP contribution in [-0.4, -0.2) is 30.6 Å². The van der Waals surface area contributed by atoms with E-state index in [1.165, 1.54) is 7.05 Å². The Hall–Kier alpha value is -0.560. The predicted molar refractivity (Wildman–Crippen MR) is 69.5 cm³/mol. The Balaban J connectivity index is 2.74. The van der Waals surface area contributed by atoms with Crippen molar-refractivity contribution in [2.45, 2.75) is 12.6 Å². The Kier molecular flexibility index (Phi) is 5.21. The van der Waals surface area contributed by atoms with Crippen molar-refractivity contribution < 1.29 is 18.0 Å². The van der Waals surface area contributed by atoms with Crippen LogP contribution in [0.25, 0.3) is 0 Å². The van der Waals surface area contributed by atoms with Gasteiger partial charge < -0.3 is 4.90 Å². The molecular weight excluding hydrogens is 379 g/mol. The summed E-state index contributed by atoms with van der Waals surface area (Å²) in [7, 11) is 1.35. The molecule has 2 nitrogen and oxygen atoms in total. The largest absolute Gasteiger partial charge is 0.390 e. The van der Waals surface area contributed by atoms with E-state index in [0.29, 0.717) is 10.0 Å². The van der Waals surface area contributed by atoms with Crippen molar-refractivity contribution in [3.63, 3.8) is 0 Å². The van der Waals surface area contributed by atoms with Crippen LogP contribution in [0, 0.1) is 0 Å². The molecule has 0 aromatic heterocycles. The molecule has 0 saturated carbocycles. The van der Waals surface area contributed by atoms with Crippen LogP contribution in [0.2, 0.25) is 0 Å². The Morgan fingerprint density at radius 2 is 1.94 bits per heavy atom. The molecule has 0 spiro atoms. The highest BCUT2D eigenvalue weighted by molar-refractivity contribution is 9.11. The van der Waals surface area contributed by atoms with Gasteiger partial charge in [0.15, 0.2) is 0 Å². The first-order chi connectivity index (χ1) is 8.20. The molecule has 0 heterocycles.